The first-order valence-electron chi connectivity index (χ1n) is 7.59. The van der Waals surface area contributed by atoms with E-state index in [2.05, 4.69) is 5.32 Å². The number of anilines is 1. The average molecular weight is 326 g/mol. The first-order chi connectivity index (χ1) is 10.8. The van der Waals surface area contributed by atoms with Gasteiger partial charge in [-0.15, -0.1) is 0 Å². The monoisotopic (exact) mass is 326 g/mol. The Hall–Kier alpha value is -2.05. The lowest BCUT2D eigenvalue weighted by Crippen LogP contribution is -2.48. The number of halogens is 3. The van der Waals surface area contributed by atoms with Crippen LogP contribution in [0.4, 0.5) is 23.7 Å². The Labute approximate surface area is 131 Å². The maximum atomic E-state index is 12.6. The van der Waals surface area contributed by atoms with Crippen LogP contribution in [0.15, 0.2) is 24.3 Å². The van der Waals surface area contributed by atoms with E-state index in [1.807, 2.05) is 0 Å². The highest BCUT2D eigenvalue weighted by Gasteiger charge is 2.43. The smallest absolute Gasteiger partial charge is 0.318 e. The fourth-order valence-corrected chi connectivity index (χ4v) is 3.49. The Morgan fingerprint density at radius 2 is 1.78 bits per heavy atom. The number of alkyl halides is 3. The second-order valence-corrected chi connectivity index (χ2v) is 6.12. The Balaban J connectivity index is 1.75. The predicted octanol–water partition coefficient (Wildman–Crippen LogP) is 3.52. The van der Waals surface area contributed by atoms with E-state index in [4.69, 9.17) is 0 Å². The largest absolute Gasteiger partial charge is 0.393 e. The molecule has 1 aromatic rings. The van der Waals surface area contributed by atoms with Crippen molar-refractivity contribution in [3.63, 3.8) is 0 Å². The summed E-state index contributed by atoms with van der Waals surface area (Å²) in [7, 11) is 0. The molecule has 7 heteroatoms. The van der Waals surface area contributed by atoms with Crippen LogP contribution < -0.4 is 5.32 Å². The zero-order chi connectivity index (χ0) is 16.6. The number of benzene rings is 1. The number of Topliss-reactive ketones (excluding diaryl/α,β-unsaturated/α-hetero) is 1. The molecule has 2 aliphatic heterocycles. The van der Waals surface area contributed by atoms with Gasteiger partial charge in [0.25, 0.3) is 0 Å². The van der Waals surface area contributed by atoms with E-state index in [-0.39, 0.29) is 29.1 Å². The van der Waals surface area contributed by atoms with E-state index in [1.54, 1.807) is 11.0 Å². The van der Waals surface area contributed by atoms with Crippen molar-refractivity contribution in [2.45, 2.75) is 50.4 Å². The SMILES string of the molecule is O=C1C[C@H]2CC[C@@H](C1)N2C(=O)Nc1ccccc1CC(F)(F)F. The van der Waals surface area contributed by atoms with Crippen LogP contribution in [0.3, 0.4) is 0 Å². The summed E-state index contributed by atoms with van der Waals surface area (Å²) in [5, 5.41) is 2.59. The summed E-state index contributed by atoms with van der Waals surface area (Å²) in [4.78, 5) is 25.7. The van der Waals surface area contributed by atoms with Gasteiger partial charge in [-0.05, 0) is 24.5 Å². The number of hydrogen-bond acceptors (Lipinski definition) is 2. The van der Waals surface area contributed by atoms with E-state index >= 15 is 0 Å². The van der Waals surface area contributed by atoms with Gasteiger partial charge in [0.05, 0.1) is 6.42 Å². The van der Waals surface area contributed by atoms with Crippen LogP contribution in [0.5, 0.6) is 0 Å². The number of ketones is 1. The molecule has 2 saturated heterocycles. The quantitative estimate of drug-likeness (QED) is 0.904. The van der Waals surface area contributed by atoms with Gasteiger partial charge in [-0.25, -0.2) is 4.79 Å². The number of nitrogens with one attached hydrogen (secondary N) is 1. The van der Waals surface area contributed by atoms with Crippen molar-refractivity contribution in [1.82, 2.24) is 4.90 Å². The molecule has 2 amide bonds. The highest BCUT2D eigenvalue weighted by molar-refractivity contribution is 5.93. The van der Waals surface area contributed by atoms with Gasteiger partial charge in [-0.2, -0.15) is 13.2 Å². The third-order valence-corrected chi connectivity index (χ3v) is 4.43. The first-order valence-corrected chi connectivity index (χ1v) is 7.59. The van der Waals surface area contributed by atoms with Crippen molar-refractivity contribution in [2.75, 3.05) is 5.32 Å². The molecule has 0 spiro atoms. The number of piperidine rings is 1. The van der Waals surface area contributed by atoms with Crippen LogP contribution in [0, 0.1) is 0 Å². The number of carbonyl (C=O) groups excluding carboxylic acids is 2. The molecule has 0 unspecified atom stereocenters. The van der Waals surface area contributed by atoms with Crippen LogP contribution in [-0.2, 0) is 11.2 Å². The van der Waals surface area contributed by atoms with Crippen molar-refractivity contribution >= 4 is 17.5 Å². The molecule has 2 aliphatic rings. The Kier molecular flexibility index (Phi) is 4.04. The average Bonchev–Trinajstić information content (AvgIpc) is 2.72. The molecular weight excluding hydrogens is 309 g/mol. The van der Waals surface area contributed by atoms with Crippen LogP contribution in [0.25, 0.3) is 0 Å². The summed E-state index contributed by atoms with van der Waals surface area (Å²) in [6.45, 7) is 0. The molecule has 1 N–H and O–H groups in total. The molecule has 0 radical (unpaired) electrons. The molecule has 0 aromatic heterocycles. The summed E-state index contributed by atoms with van der Waals surface area (Å²) in [5.74, 6) is 0.152. The molecule has 2 fully saturated rings. The maximum Gasteiger partial charge on any atom is 0.393 e. The fourth-order valence-electron chi connectivity index (χ4n) is 3.49. The molecule has 3 rings (SSSR count). The molecule has 2 heterocycles. The Bertz CT molecular complexity index is 614. The lowest BCUT2D eigenvalue weighted by molar-refractivity contribution is -0.127. The van der Waals surface area contributed by atoms with Gasteiger partial charge in [-0.1, -0.05) is 18.2 Å². The lowest BCUT2D eigenvalue weighted by atomic mass is 10.0. The maximum absolute atomic E-state index is 12.6. The van der Waals surface area contributed by atoms with Crippen molar-refractivity contribution in [3.05, 3.63) is 29.8 Å². The molecule has 4 nitrogen and oxygen atoms in total. The third kappa shape index (κ3) is 3.48. The number of fused-ring (bicyclic) bond motifs is 2. The van der Waals surface area contributed by atoms with Crippen molar-refractivity contribution in [2.24, 2.45) is 0 Å². The fraction of sp³-hybridized carbons (Fsp3) is 0.500. The minimum Gasteiger partial charge on any atom is -0.318 e. The Morgan fingerprint density at radius 3 is 2.39 bits per heavy atom. The molecule has 0 saturated carbocycles. The number of hydrogen-bond donors (Lipinski definition) is 1. The summed E-state index contributed by atoms with van der Waals surface area (Å²) in [6.07, 6.45) is -3.20. The Morgan fingerprint density at radius 1 is 1.17 bits per heavy atom. The third-order valence-electron chi connectivity index (χ3n) is 4.43. The summed E-state index contributed by atoms with van der Waals surface area (Å²) in [6, 6.07) is 5.25. The standard InChI is InChI=1S/C16H17F3N2O2/c17-16(18,19)9-10-3-1-2-4-14(10)20-15(23)21-11-5-6-12(21)8-13(22)7-11/h1-4,11-12H,5-9H2,(H,20,23)/t11-,12+. The second kappa shape index (κ2) is 5.86. The number of nitrogens with zero attached hydrogens (tertiary/aromatic N) is 1. The van der Waals surface area contributed by atoms with E-state index in [9.17, 15) is 22.8 Å². The molecule has 0 aliphatic carbocycles. The number of amides is 2. The van der Waals surface area contributed by atoms with E-state index in [1.165, 1.54) is 18.2 Å². The van der Waals surface area contributed by atoms with Gasteiger partial charge >= 0.3 is 12.2 Å². The molecule has 23 heavy (non-hydrogen) atoms. The number of rotatable bonds is 2. The van der Waals surface area contributed by atoms with Crippen LogP contribution >= 0.6 is 0 Å². The van der Waals surface area contributed by atoms with Crippen molar-refractivity contribution < 1.29 is 22.8 Å². The zero-order valence-electron chi connectivity index (χ0n) is 12.4. The molecular formula is C16H17F3N2O2. The van der Waals surface area contributed by atoms with E-state index in [0.717, 1.165) is 12.8 Å². The highest BCUT2D eigenvalue weighted by Crippen LogP contribution is 2.35. The summed E-state index contributed by atoms with van der Waals surface area (Å²) >= 11 is 0. The topological polar surface area (TPSA) is 49.4 Å². The first kappa shape index (κ1) is 15.8. The number of urea groups is 1. The molecule has 1 aromatic carbocycles. The highest BCUT2D eigenvalue weighted by atomic mass is 19.4. The number of carbonyl (C=O) groups is 2. The normalized spacial score (nSPS) is 24.0. The summed E-state index contributed by atoms with van der Waals surface area (Å²) < 4.78 is 37.9. The minimum absolute atomic E-state index is 0.0359. The van der Waals surface area contributed by atoms with Gasteiger partial charge in [0, 0.05) is 30.6 Å². The van der Waals surface area contributed by atoms with Crippen molar-refractivity contribution in [3.8, 4) is 0 Å². The van der Waals surface area contributed by atoms with Crippen LogP contribution in [-0.4, -0.2) is 35.0 Å². The van der Waals surface area contributed by atoms with E-state index < -0.39 is 18.6 Å². The van der Waals surface area contributed by atoms with Gasteiger partial charge in [0.1, 0.15) is 5.78 Å². The predicted molar refractivity (Wildman–Crippen MR) is 78.1 cm³/mol. The van der Waals surface area contributed by atoms with Gasteiger partial charge in [-0.3, -0.25) is 4.79 Å². The van der Waals surface area contributed by atoms with Gasteiger partial charge < -0.3 is 10.2 Å². The van der Waals surface area contributed by atoms with Gasteiger partial charge in [0.2, 0.25) is 0 Å². The van der Waals surface area contributed by atoms with Crippen molar-refractivity contribution in [1.29, 1.82) is 0 Å². The number of para-hydroxylation sites is 1. The molecule has 2 atom stereocenters. The second-order valence-electron chi connectivity index (χ2n) is 6.12. The minimum atomic E-state index is -4.34. The van der Waals surface area contributed by atoms with E-state index in [0.29, 0.717) is 12.8 Å². The lowest BCUT2D eigenvalue weighted by Gasteiger charge is -2.34. The zero-order valence-corrected chi connectivity index (χ0v) is 12.4. The van der Waals surface area contributed by atoms with Crippen LogP contribution in [0.1, 0.15) is 31.2 Å². The van der Waals surface area contributed by atoms with Gasteiger partial charge in [0.15, 0.2) is 0 Å². The van der Waals surface area contributed by atoms with Crippen LogP contribution in [0.2, 0.25) is 0 Å². The molecule has 124 valence electrons. The summed E-state index contributed by atoms with van der Waals surface area (Å²) in [5.41, 5.74) is 0.208. The molecule has 2 bridgehead atoms.